The number of carbonyl (C=O) groups excluding carboxylic acids is 1. The fraction of sp³-hybridized carbons (Fsp3) is 0.417. The average Bonchev–Trinajstić information content (AvgIpc) is 2.31. The van der Waals surface area contributed by atoms with Crippen molar-refractivity contribution in [3.8, 4) is 11.5 Å². The number of carbonyl (C=O) groups is 1. The maximum Gasteiger partial charge on any atom is 0.251 e. The summed E-state index contributed by atoms with van der Waals surface area (Å²) in [5.74, 6) is 0.584. The molecule has 0 unspecified atom stereocenters. The molecule has 6 heteroatoms. The van der Waals surface area contributed by atoms with Gasteiger partial charge in [-0.15, -0.1) is 0 Å². The van der Waals surface area contributed by atoms with Gasteiger partial charge in [-0.3, -0.25) is 9.00 Å². The molecule has 1 aliphatic heterocycles. The zero-order chi connectivity index (χ0) is 13.1. The predicted molar refractivity (Wildman–Crippen MR) is 68.1 cm³/mol. The Morgan fingerprint density at radius 2 is 1.72 bits per heavy atom. The topological polar surface area (TPSA) is 86.6 Å². The van der Waals surface area contributed by atoms with Crippen LogP contribution >= 0.6 is 0 Å². The van der Waals surface area contributed by atoms with Gasteiger partial charge in [-0.05, 0) is 25.0 Å². The summed E-state index contributed by atoms with van der Waals surface area (Å²) < 4.78 is 11.2. The molecule has 0 spiro atoms. The lowest BCUT2D eigenvalue weighted by molar-refractivity contribution is 0.0933. The Balaban J connectivity index is 2.01. The first-order chi connectivity index (χ1) is 8.54. The largest absolute Gasteiger partial charge is 0.508 e. The van der Waals surface area contributed by atoms with Gasteiger partial charge in [0.1, 0.15) is 11.5 Å². The highest BCUT2D eigenvalue weighted by Crippen LogP contribution is 2.20. The third kappa shape index (κ3) is 3.22. The maximum atomic E-state index is 11.9. The Hall–Kier alpha value is -1.56. The summed E-state index contributed by atoms with van der Waals surface area (Å²) in [7, 11) is -0.759. The van der Waals surface area contributed by atoms with Gasteiger partial charge < -0.3 is 15.5 Å². The van der Waals surface area contributed by atoms with Gasteiger partial charge in [0.05, 0.1) is 0 Å². The Bertz CT molecular complexity index is 459. The molecule has 1 heterocycles. The van der Waals surface area contributed by atoms with Gasteiger partial charge in [-0.2, -0.15) is 0 Å². The van der Waals surface area contributed by atoms with Gasteiger partial charge in [0, 0.05) is 40.0 Å². The molecule has 0 saturated carbocycles. The molecular weight excluding hydrogens is 254 g/mol. The van der Waals surface area contributed by atoms with Crippen LogP contribution in [0.15, 0.2) is 18.2 Å². The van der Waals surface area contributed by atoms with E-state index in [9.17, 15) is 19.2 Å². The summed E-state index contributed by atoms with van der Waals surface area (Å²) in [6.07, 6.45) is 1.40. The number of amides is 1. The van der Waals surface area contributed by atoms with Crippen molar-refractivity contribution in [3.05, 3.63) is 23.8 Å². The molecule has 1 saturated heterocycles. The molecule has 98 valence electrons. The monoisotopic (exact) mass is 269 g/mol. The maximum absolute atomic E-state index is 11.9. The van der Waals surface area contributed by atoms with Crippen LogP contribution in [0.1, 0.15) is 23.2 Å². The van der Waals surface area contributed by atoms with E-state index in [1.807, 2.05) is 0 Å². The Kier molecular flexibility index (Phi) is 3.86. The molecule has 0 aliphatic carbocycles. The number of phenols is 2. The fourth-order valence-corrected chi connectivity index (χ4v) is 3.23. The second-order valence-electron chi connectivity index (χ2n) is 4.33. The van der Waals surface area contributed by atoms with Crippen molar-refractivity contribution in [2.24, 2.45) is 0 Å². The summed E-state index contributed by atoms with van der Waals surface area (Å²) in [5, 5.41) is 21.4. The van der Waals surface area contributed by atoms with Crippen LogP contribution in [-0.4, -0.2) is 37.9 Å². The van der Waals surface area contributed by atoms with Crippen molar-refractivity contribution >= 4 is 16.7 Å². The van der Waals surface area contributed by atoms with Crippen molar-refractivity contribution in [1.82, 2.24) is 5.32 Å². The third-order valence-electron chi connectivity index (χ3n) is 2.89. The molecule has 3 N–H and O–H groups in total. The minimum atomic E-state index is -0.759. The molecule has 1 fully saturated rings. The highest BCUT2D eigenvalue weighted by Gasteiger charge is 2.20. The van der Waals surface area contributed by atoms with E-state index < -0.39 is 10.8 Å². The molecule has 1 aromatic carbocycles. The number of phenolic OH excluding ortho intramolecular Hbond substituents is 2. The van der Waals surface area contributed by atoms with Crippen molar-refractivity contribution in [2.45, 2.75) is 18.9 Å². The molecule has 0 radical (unpaired) electrons. The van der Waals surface area contributed by atoms with E-state index >= 15 is 0 Å². The van der Waals surface area contributed by atoms with Gasteiger partial charge in [0.15, 0.2) is 0 Å². The second kappa shape index (κ2) is 5.39. The molecule has 18 heavy (non-hydrogen) atoms. The van der Waals surface area contributed by atoms with E-state index in [0.717, 1.165) is 0 Å². The lowest BCUT2D eigenvalue weighted by atomic mass is 10.1. The van der Waals surface area contributed by atoms with Gasteiger partial charge >= 0.3 is 0 Å². The molecule has 1 amide bonds. The van der Waals surface area contributed by atoms with Gasteiger partial charge in [-0.25, -0.2) is 0 Å². The predicted octanol–water partition coefficient (Wildman–Crippen LogP) is 0.739. The van der Waals surface area contributed by atoms with Gasteiger partial charge in [0.2, 0.25) is 0 Å². The first kappa shape index (κ1) is 12.9. The number of hydrogen-bond acceptors (Lipinski definition) is 4. The molecular formula is C12H15NO4S. The van der Waals surface area contributed by atoms with Gasteiger partial charge in [-0.1, -0.05) is 0 Å². The minimum Gasteiger partial charge on any atom is -0.508 e. The Morgan fingerprint density at radius 1 is 1.17 bits per heavy atom. The number of benzene rings is 1. The summed E-state index contributed by atoms with van der Waals surface area (Å²) in [4.78, 5) is 11.9. The highest BCUT2D eigenvalue weighted by molar-refractivity contribution is 7.85. The van der Waals surface area contributed by atoms with Crippen LogP contribution in [0.25, 0.3) is 0 Å². The van der Waals surface area contributed by atoms with Crippen LogP contribution in [0.3, 0.4) is 0 Å². The number of hydrogen-bond donors (Lipinski definition) is 3. The number of aromatic hydroxyl groups is 2. The van der Waals surface area contributed by atoms with E-state index in [1.165, 1.54) is 18.2 Å². The first-order valence-electron chi connectivity index (χ1n) is 5.73. The van der Waals surface area contributed by atoms with Gasteiger partial charge in [0.25, 0.3) is 5.91 Å². The highest BCUT2D eigenvalue weighted by atomic mass is 32.2. The lowest BCUT2D eigenvalue weighted by Gasteiger charge is -2.22. The van der Waals surface area contributed by atoms with Crippen LogP contribution in [0.5, 0.6) is 11.5 Å². The van der Waals surface area contributed by atoms with Crippen LogP contribution in [0.4, 0.5) is 0 Å². The first-order valence-corrected chi connectivity index (χ1v) is 7.22. The normalized spacial score (nSPS) is 23.6. The van der Waals surface area contributed by atoms with E-state index in [-0.39, 0.29) is 29.0 Å². The number of rotatable bonds is 2. The smallest absolute Gasteiger partial charge is 0.251 e. The third-order valence-corrected chi connectivity index (χ3v) is 4.27. The van der Waals surface area contributed by atoms with Crippen molar-refractivity contribution in [2.75, 3.05) is 11.5 Å². The molecule has 1 aromatic rings. The van der Waals surface area contributed by atoms with E-state index in [1.54, 1.807) is 0 Å². The fourth-order valence-electron chi connectivity index (χ4n) is 1.93. The van der Waals surface area contributed by atoms with E-state index in [0.29, 0.717) is 24.3 Å². The van der Waals surface area contributed by atoms with Crippen LogP contribution in [0, 0.1) is 0 Å². The quantitative estimate of drug-likeness (QED) is 0.739. The van der Waals surface area contributed by atoms with Crippen LogP contribution in [-0.2, 0) is 10.8 Å². The van der Waals surface area contributed by atoms with Crippen molar-refractivity contribution < 1.29 is 19.2 Å². The summed E-state index contributed by atoms with van der Waals surface area (Å²) in [6.45, 7) is 0. The zero-order valence-electron chi connectivity index (χ0n) is 9.76. The molecule has 0 atom stereocenters. The van der Waals surface area contributed by atoms with Crippen molar-refractivity contribution in [1.29, 1.82) is 0 Å². The average molecular weight is 269 g/mol. The van der Waals surface area contributed by atoms with E-state index in [2.05, 4.69) is 5.32 Å². The minimum absolute atomic E-state index is 0.0136. The molecule has 5 nitrogen and oxygen atoms in total. The zero-order valence-corrected chi connectivity index (χ0v) is 10.6. The lowest BCUT2D eigenvalue weighted by Crippen LogP contribution is -2.39. The van der Waals surface area contributed by atoms with E-state index in [4.69, 9.17) is 0 Å². The van der Waals surface area contributed by atoms with Crippen LogP contribution in [0.2, 0.25) is 0 Å². The molecule has 2 rings (SSSR count). The molecule has 0 bridgehead atoms. The van der Waals surface area contributed by atoms with Crippen LogP contribution < -0.4 is 5.32 Å². The Labute approximate surface area is 107 Å². The standard InChI is InChI=1S/C12H15NO4S/c14-10-5-8(6-11(15)7-10)12(16)13-9-1-3-18(17)4-2-9/h5-7,9,14-15H,1-4H2,(H,13,16). The molecule has 1 aliphatic rings. The summed E-state index contributed by atoms with van der Waals surface area (Å²) in [5.41, 5.74) is 0.221. The molecule has 0 aromatic heterocycles. The van der Waals surface area contributed by atoms with Crippen molar-refractivity contribution in [3.63, 3.8) is 0 Å². The second-order valence-corrected chi connectivity index (χ2v) is 6.03. The number of nitrogens with one attached hydrogen (secondary N) is 1. The summed E-state index contributed by atoms with van der Waals surface area (Å²) >= 11 is 0. The Morgan fingerprint density at radius 3 is 2.28 bits per heavy atom. The summed E-state index contributed by atoms with van der Waals surface area (Å²) in [6, 6.07) is 3.78. The SMILES string of the molecule is O=C(NC1CCS(=O)CC1)c1cc(O)cc(O)c1.